The summed E-state index contributed by atoms with van der Waals surface area (Å²) in [7, 11) is 0. The average molecular weight is 249 g/mol. The molecule has 2 N–H and O–H groups in total. The maximum Gasteiger partial charge on any atom is 0.315 e. The number of nitrogens with one attached hydrogen (secondary N) is 2. The molecule has 18 heavy (non-hydrogen) atoms. The second-order valence-electron chi connectivity index (χ2n) is 4.48. The van der Waals surface area contributed by atoms with Crippen LogP contribution in [-0.2, 0) is 11.3 Å². The summed E-state index contributed by atoms with van der Waals surface area (Å²) in [4.78, 5) is 27.1. The van der Waals surface area contributed by atoms with E-state index in [1.54, 1.807) is 6.20 Å². The Balaban J connectivity index is 2.44. The third-order valence-electron chi connectivity index (χ3n) is 2.55. The first-order valence-electron chi connectivity index (χ1n) is 5.95. The third kappa shape index (κ3) is 4.53. The molecule has 0 radical (unpaired) electrons. The molecular formula is C13H19N3O2. The van der Waals surface area contributed by atoms with E-state index in [1.165, 1.54) is 6.92 Å². The number of carbonyl (C=O) groups excluding carboxylic acids is 2. The summed E-state index contributed by atoms with van der Waals surface area (Å²) in [6.07, 6.45) is 1.67. The van der Waals surface area contributed by atoms with Gasteiger partial charge in [0.15, 0.2) is 5.78 Å². The van der Waals surface area contributed by atoms with Crippen LogP contribution in [0.5, 0.6) is 0 Å². The molecular weight excluding hydrogens is 230 g/mol. The number of carbonyl (C=O) groups is 2. The summed E-state index contributed by atoms with van der Waals surface area (Å²) in [6.45, 7) is 5.61. The standard InChI is InChI=1S/C13H19N3O2/c1-9(2)12(10(3)17)16-13(18)15-8-11-6-4-5-7-14-11/h4-7,9,12H,8H2,1-3H3,(H2,15,16,18). The average Bonchev–Trinajstić information content (AvgIpc) is 2.34. The van der Waals surface area contributed by atoms with Crippen molar-refractivity contribution < 1.29 is 9.59 Å². The number of nitrogens with zero attached hydrogens (tertiary/aromatic N) is 1. The fourth-order valence-electron chi connectivity index (χ4n) is 1.60. The highest BCUT2D eigenvalue weighted by Crippen LogP contribution is 2.02. The number of hydrogen-bond donors (Lipinski definition) is 2. The molecule has 1 aromatic heterocycles. The lowest BCUT2D eigenvalue weighted by Crippen LogP contribution is -2.47. The minimum absolute atomic E-state index is 0.0435. The first kappa shape index (κ1) is 14.2. The van der Waals surface area contributed by atoms with Crippen LogP contribution in [0.2, 0.25) is 0 Å². The van der Waals surface area contributed by atoms with E-state index in [9.17, 15) is 9.59 Å². The zero-order valence-electron chi connectivity index (χ0n) is 10.9. The van der Waals surface area contributed by atoms with Gasteiger partial charge in [0.25, 0.3) is 0 Å². The largest absolute Gasteiger partial charge is 0.332 e. The SMILES string of the molecule is CC(=O)C(NC(=O)NCc1ccccn1)C(C)C. The monoisotopic (exact) mass is 249 g/mol. The minimum atomic E-state index is -0.450. The van der Waals surface area contributed by atoms with Crippen LogP contribution in [-0.4, -0.2) is 22.8 Å². The maximum atomic E-state index is 11.6. The number of amides is 2. The predicted octanol–water partition coefficient (Wildman–Crippen LogP) is 1.49. The predicted molar refractivity (Wildman–Crippen MR) is 68.9 cm³/mol. The maximum absolute atomic E-state index is 11.6. The van der Waals surface area contributed by atoms with Gasteiger partial charge in [-0.05, 0) is 25.0 Å². The van der Waals surface area contributed by atoms with Crippen molar-refractivity contribution in [3.05, 3.63) is 30.1 Å². The molecule has 0 saturated carbocycles. The van der Waals surface area contributed by atoms with E-state index in [1.807, 2.05) is 32.0 Å². The molecule has 0 saturated heterocycles. The van der Waals surface area contributed by atoms with Crippen molar-refractivity contribution >= 4 is 11.8 Å². The van der Waals surface area contributed by atoms with Crippen LogP contribution < -0.4 is 10.6 Å². The van der Waals surface area contributed by atoms with E-state index in [0.29, 0.717) is 6.54 Å². The minimum Gasteiger partial charge on any atom is -0.332 e. The summed E-state index contributed by atoms with van der Waals surface area (Å²) >= 11 is 0. The first-order chi connectivity index (χ1) is 8.50. The topological polar surface area (TPSA) is 71.1 Å². The lowest BCUT2D eigenvalue weighted by atomic mass is 10.0. The van der Waals surface area contributed by atoms with E-state index in [-0.39, 0.29) is 17.7 Å². The van der Waals surface area contributed by atoms with Gasteiger partial charge >= 0.3 is 6.03 Å². The summed E-state index contributed by atoms with van der Waals surface area (Å²) in [6, 6.07) is 4.69. The highest BCUT2D eigenvalue weighted by molar-refractivity contribution is 5.87. The normalized spacial score (nSPS) is 12.0. The van der Waals surface area contributed by atoms with Gasteiger partial charge in [0.2, 0.25) is 0 Å². The van der Waals surface area contributed by atoms with Gasteiger partial charge in [0.1, 0.15) is 0 Å². The number of urea groups is 1. The van der Waals surface area contributed by atoms with Gasteiger partial charge in [-0.15, -0.1) is 0 Å². The third-order valence-corrected chi connectivity index (χ3v) is 2.55. The van der Waals surface area contributed by atoms with Gasteiger partial charge in [-0.2, -0.15) is 0 Å². The molecule has 1 aromatic rings. The number of aromatic nitrogens is 1. The number of ketones is 1. The number of rotatable bonds is 5. The lowest BCUT2D eigenvalue weighted by molar-refractivity contribution is -0.119. The lowest BCUT2D eigenvalue weighted by Gasteiger charge is -2.19. The Morgan fingerprint density at radius 2 is 2.06 bits per heavy atom. The van der Waals surface area contributed by atoms with Gasteiger partial charge in [-0.25, -0.2) is 4.79 Å². The molecule has 0 aromatic carbocycles. The second-order valence-corrected chi connectivity index (χ2v) is 4.48. The molecule has 0 spiro atoms. The second kappa shape index (κ2) is 6.74. The molecule has 1 atom stereocenters. The molecule has 98 valence electrons. The Morgan fingerprint density at radius 3 is 2.56 bits per heavy atom. The molecule has 5 heteroatoms. The molecule has 5 nitrogen and oxygen atoms in total. The van der Waals surface area contributed by atoms with Crippen molar-refractivity contribution in [3.8, 4) is 0 Å². The summed E-state index contributed by atoms with van der Waals surface area (Å²) in [5.41, 5.74) is 0.775. The van der Waals surface area contributed by atoms with Crippen LogP contribution in [0.1, 0.15) is 26.5 Å². The van der Waals surface area contributed by atoms with E-state index in [2.05, 4.69) is 15.6 Å². The van der Waals surface area contributed by atoms with Crippen molar-refractivity contribution in [1.29, 1.82) is 0 Å². The van der Waals surface area contributed by atoms with Crippen molar-refractivity contribution in [2.45, 2.75) is 33.4 Å². The number of pyridine rings is 1. The van der Waals surface area contributed by atoms with Crippen molar-refractivity contribution in [3.63, 3.8) is 0 Å². The summed E-state index contributed by atoms with van der Waals surface area (Å²) in [5, 5.41) is 5.33. The molecule has 1 heterocycles. The van der Waals surface area contributed by atoms with Crippen LogP contribution in [0, 0.1) is 5.92 Å². The van der Waals surface area contributed by atoms with Crippen LogP contribution in [0.4, 0.5) is 4.79 Å². The quantitative estimate of drug-likeness (QED) is 0.830. The summed E-state index contributed by atoms with van der Waals surface area (Å²) in [5.74, 6) is 0.0288. The zero-order chi connectivity index (χ0) is 13.5. The smallest absolute Gasteiger partial charge is 0.315 e. The molecule has 0 aliphatic heterocycles. The van der Waals surface area contributed by atoms with E-state index in [0.717, 1.165) is 5.69 Å². The number of Topliss-reactive ketones (excluding diaryl/α,β-unsaturated/α-hetero) is 1. The van der Waals surface area contributed by atoms with Gasteiger partial charge in [-0.3, -0.25) is 9.78 Å². The number of hydrogen-bond acceptors (Lipinski definition) is 3. The Bertz CT molecular complexity index is 404. The van der Waals surface area contributed by atoms with Crippen LogP contribution in [0.3, 0.4) is 0 Å². The van der Waals surface area contributed by atoms with Gasteiger partial charge < -0.3 is 10.6 Å². The molecule has 0 aliphatic rings. The Labute approximate surface area is 107 Å². The van der Waals surface area contributed by atoms with Gasteiger partial charge in [0, 0.05) is 6.20 Å². The van der Waals surface area contributed by atoms with Crippen molar-refractivity contribution in [2.75, 3.05) is 0 Å². The van der Waals surface area contributed by atoms with Gasteiger partial charge in [-0.1, -0.05) is 19.9 Å². The van der Waals surface area contributed by atoms with Crippen LogP contribution in [0.15, 0.2) is 24.4 Å². The molecule has 0 bridgehead atoms. The van der Waals surface area contributed by atoms with Crippen LogP contribution in [0.25, 0.3) is 0 Å². The molecule has 0 aliphatic carbocycles. The van der Waals surface area contributed by atoms with E-state index < -0.39 is 6.04 Å². The molecule has 0 fully saturated rings. The molecule has 1 rings (SSSR count). The molecule has 1 unspecified atom stereocenters. The Hall–Kier alpha value is -1.91. The summed E-state index contributed by atoms with van der Waals surface area (Å²) < 4.78 is 0. The van der Waals surface area contributed by atoms with Crippen LogP contribution >= 0.6 is 0 Å². The first-order valence-corrected chi connectivity index (χ1v) is 5.95. The van der Waals surface area contributed by atoms with Crippen molar-refractivity contribution in [2.24, 2.45) is 5.92 Å². The Morgan fingerprint density at radius 1 is 1.33 bits per heavy atom. The van der Waals surface area contributed by atoms with Gasteiger partial charge in [0.05, 0.1) is 18.3 Å². The van der Waals surface area contributed by atoms with Crippen molar-refractivity contribution in [1.82, 2.24) is 15.6 Å². The highest BCUT2D eigenvalue weighted by Gasteiger charge is 2.20. The fraction of sp³-hybridized carbons (Fsp3) is 0.462. The highest BCUT2D eigenvalue weighted by atomic mass is 16.2. The fourth-order valence-corrected chi connectivity index (χ4v) is 1.60. The van der Waals surface area contributed by atoms with E-state index >= 15 is 0 Å². The Kier molecular flexibility index (Phi) is 5.30. The molecule has 2 amide bonds. The van der Waals surface area contributed by atoms with E-state index in [4.69, 9.17) is 0 Å². The zero-order valence-corrected chi connectivity index (χ0v) is 10.9.